The van der Waals surface area contributed by atoms with Crippen molar-refractivity contribution in [1.82, 2.24) is 15.5 Å². The van der Waals surface area contributed by atoms with Crippen molar-refractivity contribution in [2.24, 2.45) is 0 Å². The average Bonchev–Trinajstić information content (AvgIpc) is 3.20. The Balaban J connectivity index is 0.00000180. The minimum absolute atomic E-state index is 0. The lowest BCUT2D eigenvalue weighted by atomic mass is 10.2. The highest BCUT2D eigenvalue weighted by molar-refractivity contribution is 7.99. The molecule has 0 radical (unpaired) electrons. The Kier molecular flexibility index (Phi) is 10.3. The van der Waals surface area contributed by atoms with Crippen molar-refractivity contribution in [3.8, 4) is 0 Å². The summed E-state index contributed by atoms with van der Waals surface area (Å²) in [6.45, 7) is 3.99. The zero-order valence-corrected chi connectivity index (χ0v) is 14.7. The van der Waals surface area contributed by atoms with Crippen molar-refractivity contribution >= 4 is 42.5 Å². The number of nitrogens with zero attached hydrogens (tertiary/aromatic N) is 1. The molecule has 0 aromatic rings. The summed E-state index contributed by atoms with van der Waals surface area (Å²) in [5, 5.41) is 6.46. The van der Waals surface area contributed by atoms with Gasteiger partial charge in [-0.05, 0) is 26.8 Å². The largest absolute Gasteiger partial charge is 0.354 e. The fraction of sp³-hybridized carbons (Fsp3) is 0.923. The van der Waals surface area contributed by atoms with Crippen molar-refractivity contribution < 1.29 is 4.79 Å². The van der Waals surface area contributed by atoms with Crippen LogP contribution in [0.4, 0.5) is 0 Å². The molecule has 2 atom stereocenters. The number of rotatable bonds is 6. The Morgan fingerprint density at radius 2 is 2.15 bits per heavy atom. The minimum atomic E-state index is 0. The van der Waals surface area contributed by atoms with Gasteiger partial charge in [-0.1, -0.05) is 0 Å². The SMILES string of the molecule is CC(CNC(=O)CC1CSCCN1)N(C)C1CC1.Cl.Cl. The molecule has 1 heterocycles. The van der Waals surface area contributed by atoms with Gasteiger partial charge in [-0.3, -0.25) is 9.69 Å². The Morgan fingerprint density at radius 3 is 2.70 bits per heavy atom. The Labute approximate surface area is 139 Å². The molecule has 2 N–H and O–H groups in total. The molecule has 0 spiro atoms. The van der Waals surface area contributed by atoms with Gasteiger partial charge in [0, 0.05) is 49.1 Å². The zero-order chi connectivity index (χ0) is 13.0. The molecule has 0 bridgehead atoms. The summed E-state index contributed by atoms with van der Waals surface area (Å²) < 4.78 is 0. The molecule has 1 aliphatic heterocycles. The number of carbonyl (C=O) groups excluding carboxylic acids is 1. The third-order valence-corrected chi connectivity index (χ3v) is 4.97. The molecule has 2 fully saturated rings. The monoisotopic (exact) mass is 343 g/mol. The highest BCUT2D eigenvalue weighted by Crippen LogP contribution is 2.26. The van der Waals surface area contributed by atoms with E-state index < -0.39 is 0 Å². The maximum Gasteiger partial charge on any atom is 0.221 e. The first-order valence-corrected chi connectivity index (χ1v) is 8.12. The van der Waals surface area contributed by atoms with Crippen molar-refractivity contribution in [2.75, 3.05) is 31.6 Å². The Hall–Kier alpha value is 0.320. The lowest BCUT2D eigenvalue weighted by molar-refractivity contribution is -0.121. The number of nitrogens with one attached hydrogen (secondary N) is 2. The normalized spacial score (nSPS) is 23.4. The summed E-state index contributed by atoms with van der Waals surface area (Å²) in [5.74, 6) is 2.41. The predicted octanol–water partition coefficient (Wildman–Crippen LogP) is 1.52. The first-order valence-electron chi connectivity index (χ1n) is 6.96. The van der Waals surface area contributed by atoms with E-state index in [0.29, 0.717) is 18.5 Å². The van der Waals surface area contributed by atoms with Crippen LogP contribution in [0.25, 0.3) is 0 Å². The minimum Gasteiger partial charge on any atom is -0.354 e. The first-order chi connectivity index (χ1) is 8.66. The van der Waals surface area contributed by atoms with Crippen molar-refractivity contribution in [3.63, 3.8) is 0 Å². The molecule has 1 amide bonds. The molecule has 1 saturated heterocycles. The number of carbonyl (C=O) groups is 1. The van der Waals surface area contributed by atoms with E-state index >= 15 is 0 Å². The quantitative estimate of drug-likeness (QED) is 0.767. The van der Waals surface area contributed by atoms with Crippen LogP contribution in [0.3, 0.4) is 0 Å². The van der Waals surface area contributed by atoms with Crippen LogP contribution in [0.5, 0.6) is 0 Å². The van der Waals surface area contributed by atoms with E-state index in [2.05, 4.69) is 29.5 Å². The van der Waals surface area contributed by atoms with Crippen molar-refractivity contribution in [2.45, 2.75) is 44.3 Å². The van der Waals surface area contributed by atoms with Crippen LogP contribution in [0, 0.1) is 0 Å². The van der Waals surface area contributed by atoms with Crippen LogP contribution in [-0.4, -0.2) is 60.6 Å². The molecule has 1 saturated carbocycles. The van der Waals surface area contributed by atoms with Crippen LogP contribution in [0.1, 0.15) is 26.2 Å². The maximum atomic E-state index is 11.8. The lowest BCUT2D eigenvalue weighted by Gasteiger charge is -2.26. The molecule has 2 unspecified atom stereocenters. The summed E-state index contributed by atoms with van der Waals surface area (Å²) in [6.07, 6.45) is 3.25. The molecular weight excluding hydrogens is 317 g/mol. The fourth-order valence-corrected chi connectivity index (χ4v) is 3.24. The first kappa shape index (κ1) is 20.3. The van der Waals surface area contributed by atoms with E-state index in [4.69, 9.17) is 0 Å². The van der Waals surface area contributed by atoms with Crippen molar-refractivity contribution in [3.05, 3.63) is 0 Å². The van der Waals surface area contributed by atoms with Gasteiger partial charge in [0.05, 0.1) is 0 Å². The van der Waals surface area contributed by atoms with Crippen molar-refractivity contribution in [1.29, 1.82) is 0 Å². The van der Waals surface area contributed by atoms with Gasteiger partial charge in [0.15, 0.2) is 0 Å². The van der Waals surface area contributed by atoms with Gasteiger partial charge in [-0.15, -0.1) is 24.8 Å². The van der Waals surface area contributed by atoms with E-state index in [0.717, 1.165) is 24.9 Å². The molecular formula is C13H27Cl2N3OS. The molecule has 2 aliphatic rings. The molecule has 120 valence electrons. The molecule has 0 aromatic heterocycles. The lowest BCUT2D eigenvalue weighted by Crippen LogP contribution is -2.44. The number of thioether (sulfide) groups is 1. The molecule has 7 heteroatoms. The number of amides is 1. The average molecular weight is 344 g/mol. The maximum absolute atomic E-state index is 11.8. The van der Waals surface area contributed by atoms with Gasteiger partial charge < -0.3 is 10.6 Å². The topological polar surface area (TPSA) is 44.4 Å². The van der Waals surface area contributed by atoms with Crippen LogP contribution in [0.2, 0.25) is 0 Å². The van der Waals surface area contributed by atoms with E-state index in [1.54, 1.807) is 0 Å². The van der Waals surface area contributed by atoms with Crippen LogP contribution >= 0.6 is 36.6 Å². The van der Waals surface area contributed by atoms with Crippen LogP contribution < -0.4 is 10.6 Å². The summed E-state index contributed by atoms with van der Waals surface area (Å²) in [7, 11) is 2.16. The van der Waals surface area contributed by atoms with Gasteiger partial charge in [0.2, 0.25) is 5.91 Å². The van der Waals surface area contributed by atoms with Gasteiger partial charge in [-0.25, -0.2) is 0 Å². The number of likely N-dealkylation sites (N-methyl/N-ethyl adjacent to an activating group) is 1. The Morgan fingerprint density at radius 1 is 1.45 bits per heavy atom. The predicted molar refractivity (Wildman–Crippen MR) is 91.5 cm³/mol. The number of hydrogen-bond donors (Lipinski definition) is 2. The smallest absolute Gasteiger partial charge is 0.221 e. The number of hydrogen-bond acceptors (Lipinski definition) is 4. The zero-order valence-electron chi connectivity index (χ0n) is 12.3. The highest BCUT2D eigenvalue weighted by atomic mass is 35.5. The fourth-order valence-electron chi connectivity index (χ4n) is 2.29. The molecule has 2 rings (SSSR count). The Bertz CT molecular complexity index is 287. The van der Waals surface area contributed by atoms with Gasteiger partial charge in [0.1, 0.15) is 0 Å². The molecule has 4 nitrogen and oxygen atoms in total. The highest BCUT2D eigenvalue weighted by Gasteiger charge is 2.29. The van der Waals surface area contributed by atoms with Crippen LogP contribution in [-0.2, 0) is 4.79 Å². The van der Waals surface area contributed by atoms with Gasteiger partial charge in [0.25, 0.3) is 0 Å². The van der Waals surface area contributed by atoms with E-state index in [-0.39, 0.29) is 30.7 Å². The standard InChI is InChI=1S/C13H25N3OS.2ClH/c1-10(16(2)12-3-4-12)8-15-13(17)7-11-9-18-6-5-14-11;;/h10-12,14H,3-9H2,1-2H3,(H,15,17);2*1H. The van der Waals surface area contributed by atoms with Crippen LogP contribution in [0.15, 0.2) is 0 Å². The second-order valence-electron chi connectivity index (χ2n) is 5.48. The molecule has 0 aromatic carbocycles. The van der Waals surface area contributed by atoms with E-state index in [1.807, 2.05) is 11.8 Å². The molecule has 1 aliphatic carbocycles. The van der Waals surface area contributed by atoms with Gasteiger partial charge >= 0.3 is 0 Å². The second kappa shape index (κ2) is 10.1. The number of halogens is 2. The summed E-state index contributed by atoms with van der Waals surface area (Å²) >= 11 is 1.94. The summed E-state index contributed by atoms with van der Waals surface area (Å²) in [6, 6.07) is 1.56. The van der Waals surface area contributed by atoms with E-state index in [9.17, 15) is 4.79 Å². The third kappa shape index (κ3) is 6.85. The summed E-state index contributed by atoms with van der Waals surface area (Å²) in [5.41, 5.74) is 0. The third-order valence-electron chi connectivity index (χ3n) is 3.84. The van der Waals surface area contributed by atoms with E-state index in [1.165, 1.54) is 18.6 Å². The second-order valence-corrected chi connectivity index (χ2v) is 6.63. The molecule has 20 heavy (non-hydrogen) atoms. The van der Waals surface area contributed by atoms with Gasteiger partial charge in [-0.2, -0.15) is 11.8 Å². The summed E-state index contributed by atoms with van der Waals surface area (Å²) in [4.78, 5) is 14.2.